The van der Waals surface area contributed by atoms with Crippen LogP contribution in [0.3, 0.4) is 0 Å². The lowest BCUT2D eigenvalue weighted by atomic mass is 9.76. The van der Waals surface area contributed by atoms with Gasteiger partial charge in [0, 0.05) is 4.88 Å². The molecule has 0 spiro atoms. The molecular formula is C14H24N2S. The average Bonchev–Trinajstić information content (AvgIpc) is 2.72. The van der Waals surface area contributed by atoms with Gasteiger partial charge in [-0.3, -0.25) is 0 Å². The smallest absolute Gasteiger partial charge is 0.113 e. The molecule has 1 aliphatic rings. The molecule has 17 heavy (non-hydrogen) atoms. The van der Waals surface area contributed by atoms with E-state index in [0.717, 1.165) is 11.4 Å². The molecule has 1 aliphatic carbocycles. The van der Waals surface area contributed by atoms with Gasteiger partial charge in [0.25, 0.3) is 0 Å². The quantitative estimate of drug-likeness (QED) is 0.889. The van der Waals surface area contributed by atoms with Crippen molar-refractivity contribution in [1.29, 1.82) is 0 Å². The van der Waals surface area contributed by atoms with E-state index in [-0.39, 0.29) is 5.54 Å². The molecule has 96 valence electrons. The Morgan fingerprint density at radius 1 is 1.35 bits per heavy atom. The van der Waals surface area contributed by atoms with E-state index in [1.165, 1.54) is 42.7 Å². The highest BCUT2D eigenvalue weighted by molar-refractivity contribution is 7.11. The van der Waals surface area contributed by atoms with Crippen LogP contribution in [0.1, 0.15) is 61.5 Å². The van der Waals surface area contributed by atoms with Gasteiger partial charge in [0.15, 0.2) is 0 Å². The van der Waals surface area contributed by atoms with Gasteiger partial charge in [-0.05, 0) is 39.0 Å². The highest BCUT2D eigenvalue weighted by Gasteiger charge is 2.35. The summed E-state index contributed by atoms with van der Waals surface area (Å²) in [5.74, 6) is 0.617. The van der Waals surface area contributed by atoms with Crippen molar-refractivity contribution in [2.24, 2.45) is 11.7 Å². The van der Waals surface area contributed by atoms with Crippen molar-refractivity contribution in [3.8, 4) is 0 Å². The lowest BCUT2D eigenvalue weighted by molar-refractivity contribution is 0.223. The van der Waals surface area contributed by atoms with E-state index in [1.807, 2.05) is 0 Å². The van der Waals surface area contributed by atoms with Crippen LogP contribution < -0.4 is 5.73 Å². The Hall–Kier alpha value is -0.410. The summed E-state index contributed by atoms with van der Waals surface area (Å²) in [5, 5.41) is 1.15. The number of nitrogens with two attached hydrogens (primary N) is 1. The number of thiazole rings is 1. The molecule has 2 nitrogen and oxygen atoms in total. The zero-order chi connectivity index (χ0) is 12.5. The molecule has 0 aromatic carbocycles. The van der Waals surface area contributed by atoms with E-state index in [1.54, 1.807) is 11.3 Å². The minimum atomic E-state index is -0.219. The summed E-state index contributed by atoms with van der Waals surface area (Å²) in [6, 6.07) is 0. The van der Waals surface area contributed by atoms with Crippen LogP contribution in [0.15, 0.2) is 0 Å². The van der Waals surface area contributed by atoms with Crippen molar-refractivity contribution in [2.75, 3.05) is 0 Å². The van der Waals surface area contributed by atoms with Crippen molar-refractivity contribution in [2.45, 2.75) is 64.8 Å². The molecule has 1 heterocycles. The minimum Gasteiger partial charge on any atom is -0.319 e. The molecule has 1 atom stereocenters. The summed E-state index contributed by atoms with van der Waals surface area (Å²) in [6.07, 6.45) is 7.61. The largest absolute Gasteiger partial charge is 0.319 e. The summed E-state index contributed by atoms with van der Waals surface area (Å²) >= 11 is 1.80. The predicted molar refractivity (Wildman–Crippen MR) is 74.3 cm³/mol. The SMILES string of the molecule is CCc1nc(C(C)(N)C2CCCCC2)sc1C. The van der Waals surface area contributed by atoms with E-state index in [9.17, 15) is 0 Å². The first kappa shape index (κ1) is 13.0. The van der Waals surface area contributed by atoms with Crippen LogP contribution in [-0.4, -0.2) is 4.98 Å². The molecule has 3 heteroatoms. The van der Waals surface area contributed by atoms with Crippen molar-refractivity contribution in [3.05, 3.63) is 15.6 Å². The second-order valence-corrected chi connectivity index (χ2v) is 6.70. The maximum Gasteiger partial charge on any atom is 0.113 e. The standard InChI is InChI=1S/C14H24N2S/c1-4-12-10(2)17-13(16-12)14(3,15)11-8-6-5-7-9-11/h11H,4-9,15H2,1-3H3. The minimum absolute atomic E-state index is 0.219. The summed E-state index contributed by atoms with van der Waals surface area (Å²) < 4.78 is 0. The molecule has 0 radical (unpaired) electrons. The second-order valence-electron chi connectivity index (χ2n) is 5.49. The van der Waals surface area contributed by atoms with Crippen LogP contribution in [0.2, 0.25) is 0 Å². The zero-order valence-corrected chi connectivity index (χ0v) is 12.1. The Morgan fingerprint density at radius 2 is 2.00 bits per heavy atom. The van der Waals surface area contributed by atoms with Crippen LogP contribution in [0.5, 0.6) is 0 Å². The molecular weight excluding hydrogens is 228 g/mol. The molecule has 1 aromatic rings. The number of hydrogen-bond acceptors (Lipinski definition) is 3. The molecule has 1 unspecified atom stereocenters. The Kier molecular flexibility index (Phi) is 3.88. The fourth-order valence-electron chi connectivity index (χ4n) is 2.86. The molecule has 1 aromatic heterocycles. The maximum atomic E-state index is 6.60. The van der Waals surface area contributed by atoms with Crippen LogP contribution in [0.25, 0.3) is 0 Å². The number of hydrogen-bond donors (Lipinski definition) is 1. The lowest BCUT2D eigenvalue weighted by Crippen LogP contribution is -2.42. The first-order valence-electron chi connectivity index (χ1n) is 6.81. The van der Waals surface area contributed by atoms with Crippen LogP contribution in [0.4, 0.5) is 0 Å². The summed E-state index contributed by atoms with van der Waals surface area (Å²) in [5.41, 5.74) is 7.61. The lowest BCUT2D eigenvalue weighted by Gasteiger charge is -2.35. The third-order valence-electron chi connectivity index (χ3n) is 4.14. The molecule has 0 saturated heterocycles. The molecule has 1 fully saturated rings. The van der Waals surface area contributed by atoms with Crippen molar-refractivity contribution >= 4 is 11.3 Å². The van der Waals surface area contributed by atoms with Gasteiger partial charge in [-0.2, -0.15) is 0 Å². The normalized spacial score (nSPS) is 21.4. The van der Waals surface area contributed by atoms with E-state index in [4.69, 9.17) is 10.7 Å². The van der Waals surface area contributed by atoms with Gasteiger partial charge in [0.05, 0.1) is 11.2 Å². The van der Waals surface area contributed by atoms with Crippen LogP contribution >= 0.6 is 11.3 Å². The summed E-state index contributed by atoms with van der Waals surface area (Å²) in [6.45, 7) is 6.51. The highest BCUT2D eigenvalue weighted by Crippen LogP contribution is 2.39. The molecule has 2 rings (SSSR count). The van der Waals surface area contributed by atoms with E-state index in [2.05, 4.69) is 20.8 Å². The monoisotopic (exact) mass is 252 g/mol. The number of rotatable bonds is 3. The number of aryl methyl sites for hydroxylation is 2. The topological polar surface area (TPSA) is 38.9 Å². The molecule has 0 bridgehead atoms. The van der Waals surface area contributed by atoms with Crippen LogP contribution in [-0.2, 0) is 12.0 Å². The molecule has 1 saturated carbocycles. The third kappa shape index (κ3) is 2.55. The molecule has 0 aliphatic heterocycles. The van der Waals surface area contributed by atoms with Gasteiger partial charge in [-0.25, -0.2) is 4.98 Å². The number of nitrogens with zero attached hydrogens (tertiary/aromatic N) is 1. The first-order chi connectivity index (χ1) is 8.05. The van der Waals surface area contributed by atoms with Crippen molar-refractivity contribution in [1.82, 2.24) is 4.98 Å². The zero-order valence-electron chi connectivity index (χ0n) is 11.3. The fourth-order valence-corrected chi connectivity index (χ4v) is 4.00. The Morgan fingerprint density at radius 3 is 2.53 bits per heavy atom. The van der Waals surface area contributed by atoms with E-state index in [0.29, 0.717) is 5.92 Å². The Balaban J connectivity index is 2.22. The Bertz CT molecular complexity index is 376. The van der Waals surface area contributed by atoms with Gasteiger partial charge in [0.1, 0.15) is 5.01 Å². The van der Waals surface area contributed by atoms with E-state index >= 15 is 0 Å². The highest BCUT2D eigenvalue weighted by atomic mass is 32.1. The second kappa shape index (κ2) is 5.07. The first-order valence-corrected chi connectivity index (χ1v) is 7.63. The predicted octanol–water partition coefficient (Wildman–Crippen LogP) is 3.77. The fraction of sp³-hybridized carbons (Fsp3) is 0.786. The summed E-state index contributed by atoms with van der Waals surface area (Å²) in [4.78, 5) is 6.11. The maximum absolute atomic E-state index is 6.60. The third-order valence-corrected chi connectivity index (χ3v) is 5.41. The van der Waals surface area contributed by atoms with Crippen molar-refractivity contribution in [3.63, 3.8) is 0 Å². The molecule has 0 amide bonds. The van der Waals surface area contributed by atoms with Crippen molar-refractivity contribution < 1.29 is 0 Å². The Labute approximate surface area is 109 Å². The number of aromatic nitrogens is 1. The van der Waals surface area contributed by atoms with Gasteiger partial charge in [0.2, 0.25) is 0 Å². The average molecular weight is 252 g/mol. The van der Waals surface area contributed by atoms with Crippen LogP contribution in [0, 0.1) is 12.8 Å². The van der Waals surface area contributed by atoms with Gasteiger partial charge in [-0.1, -0.05) is 26.2 Å². The van der Waals surface area contributed by atoms with Gasteiger partial charge >= 0.3 is 0 Å². The summed E-state index contributed by atoms with van der Waals surface area (Å²) in [7, 11) is 0. The van der Waals surface area contributed by atoms with Gasteiger partial charge < -0.3 is 5.73 Å². The molecule has 2 N–H and O–H groups in total. The van der Waals surface area contributed by atoms with E-state index < -0.39 is 0 Å². The van der Waals surface area contributed by atoms with Gasteiger partial charge in [-0.15, -0.1) is 11.3 Å².